The third kappa shape index (κ3) is 2.18. The molecule has 0 radical (unpaired) electrons. The van der Waals surface area contributed by atoms with Crippen LogP contribution >= 0.6 is 0 Å². The maximum Gasteiger partial charge on any atom is 0.126 e. The van der Waals surface area contributed by atoms with Gasteiger partial charge in [-0.15, -0.1) is 0 Å². The van der Waals surface area contributed by atoms with E-state index < -0.39 is 0 Å². The van der Waals surface area contributed by atoms with Gasteiger partial charge in [0.25, 0.3) is 0 Å². The molecule has 4 nitrogen and oxygen atoms in total. The van der Waals surface area contributed by atoms with Gasteiger partial charge in [-0.1, -0.05) is 12.1 Å². The average molecular weight is 232 g/mol. The molecular weight excluding hydrogens is 212 g/mol. The first-order valence-corrected chi connectivity index (χ1v) is 5.96. The second-order valence-electron chi connectivity index (χ2n) is 4.46. The van der Waals surface area contributed by atoms with Gasteiger partial charge in [0.1, 0.15) is 5.82 Å². The smallest absolute Gasteiger partial charge is 0.126 e. The summed E-state index contributed by atoms with van der Waals surface area (Å²) in [5.41, 5.74) is 7.82. The number of nitrogens with two attached hydrogens (primary N) is 1. The highest BCUT2D eigenvalue weighted by atomic mass is 15.2. The number of hydrogen-bond acceptors (Lipinski definition) is 3. The SMILES string of the molecule is CC(c1nc2ccccc2n1C)N(C)CCN. The molecule has 2 aromatic rings. The van der Waals surface area contributed by atoms with Crippen molar-refractivity contribution >= 4 is 11.0 Å². The lowest BCUT2D eigenvalue weighted by Crippen LogP contribution is -2.29. The molecule has 1 unspecified atom stereocenters. The van der Waals surface area contributed by atoms with E-state index in [4.69, 9.17) is 10.7 Å². The monoisotopic (exact) mass is 232 g/mol. The molecule has 1 atom stereocenters. The van der Waals surface area contributed by atoms with Gasteiger partial charge >= 0.3 is 0 Å². The van der Waals surface area contributed by atoms with Crippen molar-refractivity contribution in [3.05, 3.63) is 30.1 Å². The molecular formula is C13H20N4. The molecule has 0 fully saturated rings. The lowest BCUT2D eigenvalue weighted by Gasteiger charge is -2.23. The first kappa shape index (κ1) is 12.1. The standard InChI is InChI=1S/C13H20N4/c1-10(16(2)9-8-14)13-15-11-6-4-5-7-12(11)17(13)3/h4-7,10H,8-9,14H2,1-3H3. The lowest BCUT2D eigenvalue weighted by molar-refractivity contribution is 0.256. The number of nitrogens with zero attached hydrogens (tertiary/aromatic N) is 3. The molecule has 0 aliphatic heterocycles. The van der Waals surface area contributed by atoms with E-state index in [1.54, 1.807) is 0 Å². The normalized spacial score (nSPS) is 13.5. The van der Waals surface area contributed by atoms with Crippen LogP contribution in [-0.2, 0) is 7.05 Å². The van der Waals surface area contributed by atoms with Crippen molar-refractivity contribution < 1.29 is 0 Å². The van der Waals surface area contributed by atoms with Crippen molar-refractivity contribution in [2.75, 3.05) is 20.1 Å². The van der Waals surface area contributed by atoms with Crippen LogP contribution in [-0.4, -0.2) is 34.6 Å². The van der Waals surface area contributed by atoms with Crippen molar-refractivity contribution in [3.63, 3.8) is 0 Å². The van der Waals surface area contributed by atoms with Crippen LogP contribution in [0.1, 0.15) is 18.8 Å². The highest BCUT2D eigenvalue weighted by Gasteiger charge is 2.17. The number of likely N-dealkylation sites (N-methyl/N-ethyl adjacent to an activating group) is 1. The van der Waals surface area contributed by atoms with E-state index in [0.717, 1.165) is 17.9 Å². The summed E-state index contributed by atoms with van der Waals surface area (Å²) in [6.45, 7) is 3.71. The lowest BCUT2D eigenvalue weighted by atomic mass is 10.3. The molecule has 1 aromatic carbocycles. The van der Waals surface area contributed by atoms with Gasteiger partial charge in [0.05, 0.1) is 17.1 Å². The Morgan fingerprint density at radius 2 is 2.12 bits per heavy atom. The second kappa shape index (κ2) is 4.85. The van der Waals surface area contributed by atoms with E-state index in [2.05, 4.69) is 42.6 Å². The van der Waals surface area contributed by atoms with E-state index in [0.29, 0.717) is 6.54 Å². The van der Waals surface area contributed by atoms with Gasteiger partial charge in [-0.3, -0.25) is 4.90 Å². The fourth-order valence-electron chi connectivity index (χ4n) is 2.13. The van der Waals surface area contributed by atoms with Crippen molar-refractivity contribution in [1.29, 1.82) is 0 Å². The van der Waals surface area contributed by atoms with E-state index in [-0.39, 0.29) is 6.04 Å². The van der Waals surface area contributed by atoms with Crippen LogP contribution in [0.4, 0.5) is 0 Å². The van der Waals surface area contributed by atoms with Crippen LogP contribution < -0.4 is 5.73 Å². The second-order valence-corrected chi connectivity index (χ2v) is 4.46. The Bertz CT molecular complexity index is 503. The summed E-state index contributed by atoms with van der Waals surface area (Å²) in [6.07, 6.45) is 0. The van der Waals surface area contributed by atoms with E-state index >= 15 is 0 Å². The minimum absolute atomic E-state index is 0.274. The fraction of sp³-hybridized carbons (Fsp3) is 0.462. The third-order valence-corrected chi connectivity index (χ3v) is 3.34. The molecule has 0 spiro atoms. The highest BCUT2D eigenvalue weighted by molar-refractivity contribution is 5.75. The zero-order valence-corrected chi connectivity index (χ0v) is 10.7. The molecule has 2 N–H and O–H groups in total. The number of aromatic nitrogens is 2. The first-order chi connectivity index (χ1) is 8.15. The summed E-state index contributed by atoms with van der Waals surface area (Å²) in [7, 11) is 4.15. The summed E-state index contributed by atoms with van der Waals surface area (Å²) < 4.78 is 2.16. The molecule has 92 valence electrons. The molecule has 0 aliphatic carbocycles. The van der Waals surface area contributed by atoms with E-state index in [1.807, 2.05) is 12.1 Å². The minimum atomic E-state index is 0.274. The predicted molar refractivity (Wildman–Crippen MR) is 70.8 cm³/mol. The number of imidazole rings is 1. The maximum atomic E-state index is 5.59. The highest BCUT2D eigenvalue weighted by Crippen LogP contribution is 2.22. The van der Waals surface area contributed by atoms with Gasteiger partial charge < -0.3 is 10.3 Å². The molecule has 4 heteroatoms. The Hall–Kier alpha value is -1.39. The van der Waals surface area contributed by atoms with Crippen molar-refractivity contribution in [2.24, 2.45) is 12.8 Å². The molecule has 0 saturated carbocycles. The Morgan fingerprint density at radius 1 is 1.41 bits per heavy atom. The molecule has 1 heterocycles. The summed E-state index contributed by atoms with van der Waals surface area (Å²) >= 11 is 0. The zero-order chi connectivity index (χ0) is 12.4. The molecule has 1 aromatic heterocycles. The Balaban J connectivity index is 2.38. The average Bonchev–Trinajstić information content (AvgIpc) is 2.67. The van der Waals surface area contributed by atoms with E-state index in [1.165, 1.54) is 5.52 Å². The predicted octanol–water partition coefficient (Wildman–Crippen LogP) is 1.52. The summed E-state index contributed by atoms with van der Waals surface area (Å²) in [5.74, 6) is 1.09. The van der Waals surface area contributed by atoms with Gasteiger partial charge in [-0.2, -0.15) is 0 Å². The van der Waals surface area contributed by atoms with Gasteiger partial charge in [-0.05, 0) is 26.1 Å². The zero-order valence-electron chi connectivity index (χ0n) is 10.7. The molecule has 0 amide bonds. The largest absolute Gasteiger partial charge is 0.330 e. The summed E-state index contributed by atoms with van der Waals surface area (Å²) in [5, 5.41) is 0. The van der Waals surface area contributed by atoms with Crippen LogP contribution in [0.15, 0.2) is 24.3 Å². The van der Waals surface area contributed by atoms with Crippen LogP contribution in [0.2, 0.25) is 0 Å². The fourth-order valence-corrected chi connectivity index (χ4v) is 2.13. The first-order valence-electron chi connectivity index (χ1n) is 5.96. The molecule has 0 aliphatic rings. The summed E-state index contributed by atoms with van der Waals surface area (Å²) in [4.78, 5) is 6.92. The van der Waals surface area contributed by atoms with Crippen LogP contribution in [0.5, 0.6) is 0 Å². The van der Waals surface area contributed by atoms with Crippen molar-refractivity contribution in [1.82, 2.24) is 14.5 Å². The topological polar surface area (TPSA) is 47.1 Å². The number of aryl methyl sites for hydroxylation is 1. The van der Waals surface area contributed by atoms with E-state index in [9.17, 15) is 0 Å². The molecule has 0 saturated heterocycles. The molecule has 0 bridgehead atoms. The quantitative estimate of drug-likeness (QED) is 0.869. The van der Waals surface area contributed by atoms with Crippen LogP contribution in [0.3, 0.4) is 0 Å². The third-order valence-electron chi connectivity index (χ3n) is 3.34. The number of benzene rings is 1. The van der Waals surface area contributed by atoms with Gasteiger partial charge in [0.15, 0.2) is 0 Å². The van der Waals surface area contributed by atoms with Gasteiger partial charge in [-0.25, -0.2) is 4.98 Å². The van der Waals surface area contributed by atoms with Crippen LogP contribution in [0, 0.1) is 0 Å². The number of rotatable bonds is 4. The number of fused-ring (bicyclic) bond motifs is 1. The molecule has 2 rings (SSSR count). The van der Waals surface area contributed by atoms with Crippen LogP contribution in [0.25, 0.3) is 11.0 Å². The Morgan fingerprint density at radius 3 is 2.76 bits per heavy atom. The number of hydrogen-bond donors (Lipinski definition) is 1. The number of para-hydroxylation sites is 2. The van der Waals surface area contributed by atoms with Gasteiger partial charge in [0.2, 0.25) is 0 Å². The van der Waals surface area contributed by atoms with Crippen molar-refractivity contribution in [3.8, 4) is 0 Å². The maximum absolute atomic E-state index is 5.59. The van der Waals surface area contributed by atoms with Crippen molar-refractivity contribution in [2.45, 2.75) is 13.0 Å². The summed E-state index contributed by atoms with van der Waals surface area (Å²) in [6, 6.07) is 8.49. The Labute approximate surface area is 102 Å². The molecule has 17 heavy (non-hydrogen) atoms. The van der Waals surface area contributed by atoms with Gasteiger partial charge in [0, 0.05) is 20.1 Å². The minimum Gasteiger partial charge on any atom is -0.330 e. The Kier molecular flexibility index (Phi) is 3.45.